The minimum Gasteiger partial charge on any atom is -0.430 e. The summed E-state index contributed by atoms with van der Waals surface area (Å²) in [4.78, 5) is 26.9. The molecule has 0 aliphatic heterocycles. The highest BCUT2D eigenvalue weighted by Gasteiger charge is 2.57. The van der Waals surface area contributed by atoms with E-state index >= 15 is 0 Å². The number of ether oxygens (including phenoxy) is 2. The SMILES string of the molecule is CCC(C)C(=O)OC1=C(c2c(C)cc(C)cc2C)C(=O)[C@H]2[C@@H](C)CCC(C)(COC)[C@@H]12. The Morgan fingerprint density at radius 2 is 1.84 bits per heavy atom. The molecule has 4 heteroatoms. The molecule has 0 bridgehead atoms. The van der Waals surface area contributed by atoms with Crippen LogP contribution in [0.4, 0.5) is 0 Å². The van der Waals surface area contributed by atoms with Gasteiger partial charge in [-0.15, -0.1) is 0 Å². The van der Waals surface area contributed by atoms with Gasteiger partial charge in [-0.25, -0.2) is 0 Å². The quantitative estimate of drug-likeness (QED) is 0.539. The Balaban J connectivity index is 2.26. The zero-order valence-electron chi connectivity index (χ0n) is 20.4. The Hall–Kier alpha value is -1.94. The van der Waals surface area contributed by atoms with Crippen LogP contribution in [0.3, 0.4) is 0 Å². The molecule has 5 atom stereocenters. The highest BCUT2D eigenvalue weighted by molar-refractivity contribution is 6.26. The first-order valence-electron chi connectivity index (χ1n) is 11.6. The topological polar surface area (TPSA) is 52.6 Å². The van der Waals surface area contributed by atoms with E-state index in [4.69, 9.17) is 9.47 Å². The lowest BCUT2D eigenvalue weighted by molar-refractivity contribution is -0.147. The smallest absolute Gasteiger partial charge is 0.313 e. The van der Waals surface area contributed by atoms with E-state index in [1.54, 1.807) is 7.11 Å². The zero-order valence-corrected chi connectivity index (χ0v) is 20.4. The Morgan fingerprint density at radius 1 is 1.23 bits per heavy atom. The first-order valence-corrected chi connectivity index (χ1v) is 11.6. The lowest BCUT2D eigenvalue weighted by Crippen LogP contribution is -2.44. The van der Waals surface area contributed by atoms with Gasteiger partial charge in [-0.3, -0.25) is 9.59 Å². The molecule has 0 radical (unpaired) electrons. The molecule has 2 unspecified atom stereocenters. The molecule has 0 saturated heterocycles. The van der Waals surface area contributed by atoms with Crippen LogP contribution in [0, 0.1) is 49.9 Å². The number of allylic oxidation sites excluding steroid dienone is 2. The largest absolute Gasteiger partial charge is 0.430 e. The second-order valence-electron chi connectivity index (χ2n) is 10.2. The summed E-state index contributed by atoms with van der Waals surface area (Å²) in [5.74, 6) is 0.170. The third kappa shape index (κ3) is 4.11. The number of methoxy groups -OCH3 is 1. The average Bonchev–Trinajstić information content (AvgIpc) is 2.98. The van der Waals surface area contributed by atoms with Crippen molar-refractivity contribution >= 4 is 17.3 Å². The van der Waals surface area contributed by atoms with Crippen molar-refractivity contribution in [3.05, 3.63) is 40.1 Å². The predicted molar refractivity (Wildman–Crippen MR) is 123 cm³/mol. The first kappa shape index (κ1) is 23.7. The lowest BCUT2D eigenvalue weighted by Gasteiger charge is -2.45. The molecular weight excluding hydrogens is 388 g/mol. The van der Waals surface area contributed by atoms with E-state index in [-0.39, 0.29) is 40.8 Å². The van der Waals surface area contributed by atoms with Crippen LogP contribution in [0.2, 0.25) is 0 Å². The van der Waals surface area contributed by atoms with Crippen LogP contribution in [-0.4, -0.2) is 25.5 Å². The number of benzene rings is 1. The summed E-state index contributed by atoms with van der Waals surface area (Å²) in [6, 6.07) is 4.22. The van der Waals surface area contributed by atoms with E-state index in [0.29, 0.717) is 24.4 Å². The molecule has 1 aromatic rings. The second kappa shape index (κ2) is 8.90. The fourth-order valence-corrected chi connectivity index (χ4v) is 5.79. The average molecular weight is 427 g/mol. The van der Waals surface area contributed by atoms with Gasteiger partial charge in [-0.05, 0) is 62.6 Å². The third-order valence-corrected chi connectivity index (χ3v) is 7.60. The van der Waals surface area contributed by atoms with Crippen LogP contribution in [0.25, 0.3) is 5.57 Å². The monoisotopic (exact) mass is 426 g/mol. The fraction of sp³-hybridized carbons (Fsp3) is 0.630. The van der Waals surface area contributed by atoms with Crippen molar-refractivity contribution in [1.82, 2.24) is 0 Å². The minimum absolute atomic E-state index is 0.126. The normalized spacial score (nSPS) is 29.2. The Morgan fingerprint density at radius 3 is 2.39 bits per heavy atom. The number of hydrogen-bond donors (Lipinski definition) is 0. The molecule has 0 spiro atoms. The van der Waals surface area contributed by atoms with Gasteiger partial charge in [0.05, 0.1) is 18.1 Å². The molecular formula is C27H38O4. The van der Waals surface area contributed by atoms with Gasteiger partial charge in [0.1, 0.15) is 5.76 Å². The predicted octanol–water partition coefficient (Wildman–Crippen LogP) is 5.81. The van der Waals surface area contributed by atoms with Gasteiger partial charge < -0.3 is 9.47 Å². The van der Waals surface area contributed by atoms with Crippen molar-refractivity contribution in [1.29, 1.82) is 0 Å². The van der Waals surface area contributed by atoms with E-state index in [1.807, 2.05) is 27.7 Å². The van der Waals surface area contributed by atoms with E-state index in [2.05, 4.69) is 32.9 Å². The number of esters is 1. The van der Waals surface area contributed by atoms with Gasteiger partial charge in [0.15, 0.2) is 5.78 Å². The highest BCUT2D eigenvalue weighted by atomic mass is 16.5. The van der Waals surface area contributed by atoms with Crippen LogP contribution < -0.4 is 0 Å². The standard InChI is InChI=1S/C27H38O4/c1-9-16(3)26(29)31-25-22(20-18(5)12-15(2)13-19(20)6)24(28)21-17(4)10-11-27(7,14-30-8)23(21)25/h12-13,16-17,21,23H,9-11,14H2,1-8H3/t16?,17-,21-,23+,27?/m0/s1. The summed E-state index contributed by atoms with van der Waals surface area (Å²) in [5, 5.41) is 0. The molecule has 0 amide bonds. The Labute approximate surface area is 187 Å². The van der Waals surface area contributed by atoms with Crippen molar-refractivity contribution in [3.63, 3.8) is 0 Å². The number of Topliss-reactive ketones (excluding diaryl/α,β-unsaturated/α-hetero) is 1. The summed E-state index contributed by atoms with van der Waals surface area (Å²) in [6.45, 7) is 14.9. The minimum atomic E-state index is -0.249. The number of carbonyl (C=O) groups excluding carboxylic acids is 2. The molecule has 1 aromatic carbocycles. The Kier molecular flexibility index (Phi) is 6.81. The molecule has 3 rings (SSSR count). The summed E-state index contributed by atoms with van der Waals surface area (Å²) in [5.41, 5.74) is 4.58. The van der Waals surface area contributed by atoms with Gasteiger partial charge in [-0.1, -0.05) is 45.4 Å². The number of ketones is 1. The van der Waals surface area contributed by atoms with E-state index in [9.17, 15) is 9.59 Å². The van der Waals surface area contributed by atoms with Crippen molar-refractivity contribution < 1.29 is 19.1 Å². The van der Waals surface area contributed by atoms with Gasteiger partial charge in [-0.2, -0.15) is 0 Å². The molecule has 0 N–H and O–H groups in total. The molecule has 4 nitrogen and oxygen atoms in total. The lowest BCUT2D eigenvalue weighted by atomic mass is 9.60. The van der Waals surface area contributed by atoms with Gasteiger partial charge in [0.25, 0.3) is 0 Å². The van der Waals surface area contributed by atoms with Gasteiger partial charge in [0.2, 0.25) is 0 Å². The maximum Gasteiger partial charge on any atom is 0.313 e. The molecule has 1 saturated carbocycles. The molecule has 2 aliphatic rings. The van der Waals surface area contributed by atoms with Crippen LogP contribution >= 0.6 is 0 Å². The van der Waals surface area contributed by atoms with Gasteiger partial charge in [0, 0.05) is 24.4 Å². The van der Waals surface area contributed by atoms with E-state index < -0.39 is 0 Å². The summed E-state index contributed by atoms with van der Waals surface area (Å²) in [7, 11) is 1.71. The maximum atomic E-state index is 14.0. The van der Waals surface area contributed by atoms with Crippen LogP contribution in [-0.2, 0) is 19.1 Å². The van der Waals surface area contributed by atoms with Crippen molar-refractivity contribution in [2.24, 2.45) is 29.1 Å². The van der Waals surface area contributed by atoms with Crippen LogP contribution in [0.1, 0.15) is 69.2 Å². The third-order valence-electron chi connectivity index (χ3n) is 7.60. The molecule has 31 heavy (non-hydrogen) atoms. The van der Waals surface area contributed by atoms with Crippen LogP contribution in [0.5, 0.6) is 0 Å². The molecule has 0 aromatic heterocycles. The summed E-state index contributed by atoms with van der Waals surface area (Å²) in [6.07, 6.45) is 2.62. The van der Waals surface area contributed by atoms with Crippen molar-refractivity contribution in [2.45, 2.75) is 67.7 Å². The van der Waals surface area contributed by atoms with Crippen LogP contribution in [0.15, 0.2) is 17.9 Å². The Bertz CT molecular complexity index is 889. The molecule has 170 valence electrons. The van der Waals surface area contributed by atoms with Crippen molar-refractivity contribution in [2.75, 3.05) is 13.7 Å². The van der Waals surface area contributed by atoms with E-state index in [1.165, 1.54) is 0 Å². The number of rotatable bonds is 6. The van der Waals surface area contributed by atoms with E-state index in [0.717, 1.165) is 35.1 Å². The number of fused-ring (bicyclic) bond motifs is 1. The number of aryl methyl sites for hydroxylation is 3. The van der Waals surface area contributed by atoms with Crippen molar-refractivity contribution in [3.8, 4) is 0 Å². The highest BCUT2D eigenvalue weighted by Crippen LogP contribution is 2.57. The summed E-state index contributed by atoms with van der Waals surface area (Å²) >= 11 is 0. The fourth-order valence-electron chi connectivity index (χ4n) is 5.79. The summed E-state index contributed by atoms with van der Waals surface area (Å²) < 4.78 is 11.8. The second-order valence-corrected chi connectivity index (χ2v) is 10.2. The maximum absolute atomic E-state index is 14.0. The zero-order chi connectivity index (χ0) is 23.1. The van der Waals surface area contributed by atoms with Gasteiger partial charge >= 0.3 is 5.97 Å². The number of carbonyl (C=O) groups is 2. The molecule has 2 aliphatic carbocycles. The number of hydrogen-bond acceptors (Lipinski definition) is 4. The first-order chi connectivity index (χ1) is 14.6. The molecule has 1 fully saturated rings. The molecule has 0 heterocycles.